The van der Waals surface area contributed by atoms with Crippen molar-refractivity contribution in [1.29, 1.82) is 0 Å². The molecule has 8 nitrogen and oxygen atoms in total. The van der Waals surface area contributed by atoms with Gasteiger partial charge in [0.05, 0.1) is 38.8 Å². The van der Waals surface area contributed by atoms with E-state index >= 15 is 0 Å². The highest BCUT2D eigenvalue weighted by molar-refractivity contribution is 7.92. The molecule has 4 rings (SSSR count). The second kappa shape index (κ2) is 10.5. The summed E-state index contributed by atoms with van der Waals surface area (Å²) >= 11 is 6.39. The molecule has 35 heavy (non-hydrogen) atoms. The lowest BCUT2D eigenvalue weighted by atomic mass is 10.1. The molecule has 2 saturated heterocycles. The number of hydrogen-bond acceptors (Lipinski definition) is 6. The van der Waals surface area contributed by atoms with E-state index in [-0.39, 0.29) is 46.2 Å². The van der Waals surface area contributed by atoms with Crippen molar-refractivity contribution in [3.8, 4) is 0 Å². The summed E-state index contributed by atoms with van der Waals surface area (Å²) in [4.78, 5) is 15.2. The van der Waals surface area contributed by atoms with Crippen LogP contribution in [0.2, 0.25) is 5.02 Å². The zero-order valence-corrected chi connectivity index (χ0v) is 21.9. The van der Waals surface area contributed by atoms with Crippen LogP contribution in [-0.2, 0) is 24.6 Å². The highest BCUT2D eigenvalue weighted by atomic mass is 35.5. The molecule has 0 unspecified atom stereocenters. The summed E-state index contributed by atoms with van der Waals surface area (Å²) in [6, 6.07) is 12.3. The first-order valence-electron chi connectivity index (χ1n) is 11.6. The van der Waals surface area contributed by atoms with E-state index in [0.29, 0.717) is 18.7 Å². The van der Waals surface area contributed by atoms with Gasteiger partial charge in [-0.2, -0.15) is 0 Å². The van der Waals surface area contributed by atoms with Crippen LogP contribution < -0.4 is 4.31 Å². The molecule has 2 aromatic rings. The Morgan fingerprint density at radius 1 is 1.14 bits per heavy atom. The molecule has 2 aliphatic heterocycles. The van der Waals surface area contributed by atoms with Crippen LogP contribution in [0, 0.1) is 0 Å². The predicted octanol–water partition coefficient (Wildman–Crippen LogP) is 3.36. The van der Waals surface area contributed by atoms with E-state index in [1.54, 1.807) is 37.3 Å². The molecule has 2 fully saturated rings. The third-order valence-electron chi connectivity index (χ3n) is 6.42. The molecule has 0 spiro atoms. The van der Waals surface area contributed by atoms with Crippen molar-refractivity contribution in [3.63, 3.8) is 0 Å². The lowest BCUT2D eigenvalue weighted by Crippen LogP contribution is -2.45. The van der Waals surface area contributed by atoms with Gasteiger partial charge in [0.2, 0.25) is 0 Å². The number of benzene rings is 2. The number of halogens is 1. The Bertz CT molecular complexity index is 1280. The normalized spacial score (nSPS) is 21.7. The first-order valence-corrected chi connectivity index (χ1v) is 15.3. The summed E-state index contributed by atoms with van der Waals surface area (Å²) in [5.41, 5.74) is 0.535. The zero-order chi connectivity index (χ0) is 25.2. The molecule has 0 bridgehead atoms. The lowest BCUT2D eigenvalue weighted by molar-refractivity contribution is 0.0441. The molecule has 0 aromatic heterocycles. The van der Waals surface area contributed by atoms with E-state index < -0.39 is 31.8 Å². The molecular weight excluding hydrogens is 512 g/mol. The topological polar surface area (TPSA) is 101 Å². The van der Waals surface area contributed by atoms with Gasteiger partial charge in [-0.05, 0) is 56.5 Å². The van der Waals surface area contributed by atoms with Gasteiger partial charge in [0, 0.05) is 25.7 Å². The highest BCUT2D eigenvalue weighted by Crippen LogP contribution is 2.29. The molecule has 2 atom stereocenters. The highest BCUT2D eigenvalue weighted by Gasteiger charge is 2.37. The smallest absolute Gasteiger partial charge is 0.264 e. The van der Waals surface area contributed by atoms with Gasteiger partial charge in [-0.25, -0.2) is 16.8 Å². The number of para-hydroxylation sites is 1. The van der Waals surface area contributed by atoms with Gasteiger partial charge in [0.15, 0.2) is 9.84 Å². The Labute approximate surface area is 211 Å². The third kappa shape index (κ3) is 5.66. The van der Waals surface area contributed by atoms with Crippen LogP contribution in [0.3, 0.4) is 0 Å². The van der Waals surface area contributed by atoms with Crippen molar-refractivity contribution in [3.05, 3.63) is 59.1 Å². The average molecular weight is 541 g/mol. The molecule has 0 aliphatic carbocycles. The minimum atomic E-state index is -3.98. The van der Waals surface area contributed by atoms with Gasteiger partial charge in [0.1, 0.15) is 0 Å². The van der Waals surface area contributed by atoms with Gasteiger partial charge in [0.25, 0.3) is 15.9 Å². The van der Waals surface area contributed by atoms with Crippen molar-refractivity contribution < 1.29 is 26.4 Å². The summed E-state index contributed by atoms with van der Waals surface area (Å²) < 4.78 is 58.3. The molecule has 0 N–H and O–H groups in total. The minimum absolute atomic E-state index is 0.0116. The number of sulfonamides is 1. The number of hydrogen-bond donors (Lipinski definition) is 0. The SMILES string of the molecule is CCN(c1ccccc1)S(=O)(=O)c1ccc(Cl)c(C(=O)N(C[C@H]2CCCO2)[C@H]2CCS(=O)(=O)C2)c1. The quantitative estimate of drug-likeness (QED) is 0.509. The number of carbonyl (C=O) groups is 1. The summed E-state index contributed by atoms with van der Waals surface area (Å²) in [5.74, 6) is -0.608. The van der Waals surface area contributed by atoms with E-state index in [1.165, 1.54) is 27.4 Å². The second-order valence-corrected chi connectivity index (χ2v) is 13.3. The van der Waals surface area contributed by atoms with Crippen LogP contribution in [0.5, 0.6) is 0 Å². The zero-order valence-electron chi connectivity index (χ0n) is 19.5. The standard InChI is InChI=1S/C24H29ClN2O6S2/c1-2-27(18-7-4-3-5-8-18)35(31,32)21-10-11-23(25)22(15-21)24(28)26(16-20-9-6-13-33-20)19-12-14-34(29,30)17-19/h3-5,7-8,10-11,15,19-20H,2,6,9,12-14,16-17H2,1H3/t19-,20+/m0/s1. The molecule has 0 saturated carbocycles. The fraction of sp³-hybridized carbons (Fsp3) is 0.458. The number of carbonyl (C=O) groups excluding carboxylic acids is 1. The van der Waals surface area contributed by atoms with Crippen LogP contribution in [0.25, 0.3) is 0 Å². The van der Waals surface area contributed by atoms with Crippen molar-refractivity contribution >= 4 is 43.1 Å². The fourth-order valence-corrected chi connectivity index (χ4v) is 8.05. The van der Waals surface area contributed by atoms with E-state index in [9.17, 15) is 21.6 Å². The monoisotopic (exact) mass is 540 g/mol. The Kier molecular flexibility index (Phi) is 7.75. The van der Waals surface area contributed by atoms with Gasteiger partial charge in [-0.3, -0.25) is 9.10 Å². The molecule has 11 heteroatoms. The van der Waals surface area contributed by atoms with Gasteiger partial charge >= 0.3 is 0 Å². The number of sulfone groups is 1. The Hall–Kier alpha value is -2.14. The Morgan fingerprint density at radius 3 is 2.49 bits per heavy atom. The van der Waals surface area contributed by atoms with E-state index in [2.05, 4.69) is 0 Å². The van der Waals surface area contributed by atoms with Crippen molar-refractivity contribution in [1.82, 2.24) is 4.90 Å². The lowest BCUT2D eigenvalue weighted by Gasteiger charge is -2.31. The van der Waals surface area contributed by atoms with Gasteiger partial charge in [-0.15, -0.1) is 0 Å². The Balaban J connectivity index is 1.69. The molecule has 1 amide bonds. The number of rotatable bonds is 8. The van der Waals surface area contributed by atoms with Crippen LogP contribution in [0.4, 0.5) is 5.69 Å². The Morgan fingerprint density at radius 2 is 1.89 bits per heavy atom. The maximum atomic E-state index is 13.7. The first-order chi connectivity index (χ1) is 16.6. The maximum absolute atomic E-state index is 13.7. The largest absolute Gasteiger partial charge is 0.376 e. The molecule has 190 valence electrons. The van der Waals surface area contributed by atoms with Crippen LogP contribution >= 0.6 is 11.6 Å². The maximum Gasteiger partial charge on any atom is 0.264 e. The summed E-state index contributed by atoms with van der Waals surface area (Å²) in [6.45, 7) is 2.76. The van der Waals surface area contributed by atoms with Crippen LogP contribution in [0.15, 0.2) is 53.4 Å². The number of anilines is 1. The number of nitrogens with zero attached hydrogens (tertiary/aromatic N) is 2. The average Bonchev–Trinajstić information content (AvgIpc) is 3.47. The summed E-state index contributed by atoms with van der Waals surface area (Å²) in [7, 11) is -7.23. The van der Waals surface area contributed by atoms with Crippen molar-refractivity contribution in [2.24, 2.45) is 0 Å². The summed E-state index contributed by atoms with van der Waals surface area (Å²) in [5, 5.41) is 0.106. The molecule has 2 heterocycles. The molecule has 0 radical (unpaired) electrons. The van der Waals surface area contributed by atoms with Gasteiger partial charge < -0.3 is 9.64 Å². The van der Waals surface area contributed by atoms with Crippen molar-refractivity contribution in [2.75, 3.05) is 35.5 Å². The number of ether oxygens (including phenoxy) is 1. The summed E-state index contributed by atoms with van der Waals surface area (Å²) in [6.07, 6.45) is 1.78. The van der Waals surface area contributed by atoms with Crippen molar-refractivity contribution in [2.45, 2.75) is 43.2 Å². The second-order valence-electron chi connectivity index (χ2n) is 8.80. The fourth-order valence-electron chi connectivity index (χ4n) is 4.62. The van der Waals surface area contributed by atoms with E-state index in [0.717, 1.165) is 12.8 Å². The van der Waals surface area contributed by atoms with Crippen LogP contribution in [0.1, 0.15) is 36.5 Å². The minimum Gasteiger partial charge on any atom is -0.376 e. The molecule has 2 aromatic carbocycles. The third-order valence-corrected chi connectivity index (χ3v) is 10.4. The van der Waals surface area contributed by atoms with Gasteiger partial charge in [-0.1, -0.05) is 29.8 Å². The van der Waals surface area contributed by atoms with Crippen LogP contribution in [-0.4, -0.2) is 71.0 Å². The van der Waals surface area contributed by atoms with E-state index in [1.807, 2.05) is 0 Å². The predicted molar refractivity (Wildman–Crippen MR) is 135 cm³/mol. The molecule has 2 aliphatic rings. The molecular formula is C24H29ClN2O6S2. The number of amides is 1. The van der Waals surface area contributed by atoms with E-state index in [4.69, 9.17) is 16.3 Å². The first kappa shape index (κ1) is 25.9.